The van der Waals surface area contributed by atoms with Crippen LogP contribution in [-0.4, -0.2) is 12.3 Å². The SMILES string of the molecule is CCNC(CSc1ccccc1Br)c1cccc(C)c1C. The van der Waals surface area contributed by atoms with E-state index in [0.717, 1.165) is 12.3 Å². The Bertz CT molecular complexity index is 598. The van der Waals surface area contributed by atoms with Gasteiger partial charge in [0.05, 0.1) is 0 Å². The molecular weight excluding hydrogens is 342 g/mol. The highest BCUT2D eigenvalue weighted by Gasteiger charge is 2.14. The van der Waals surface area contributed by atoms with Crippen LogP contribution < -0.4 is 5.32 Å². The maximum Gasteiger partial charge on any atom is 0.0418 e. The molecule has 1 N–H and O–H groups in total. The lowest BCUT2D eigenvalue weighted by atomic mass is 9.98. The third kappa shape index (κ3) is 4.35. The molecule has 1 unspecified atom stereocenters. The van der Waals surface area contributed by atoms with Crippen LogP contribution in [0.15, 0.2) is 51.8 Å². The van der Waals surface area contributed by atoms with Crippen molar-refractivity contribution in [2.24, 2.45) is 0 Å². The van der Waals surface area contributed by atoms with Crippen molar-refractivity contribution in [2.75, 3.05) is 12.3 Å². The Morgan fingerprint density at radius 3 is 2.57 bits per heavy atom. The number of aryl methyl sites for hydroxylation is 1. The minimum absolute atomic E-state index is 0.381. The first-order valence-corrected chi connectivity index (χ1v) is 9.08. The smallest absolute Gasteiger partial charge is 0.0418 e. The van der Waals surface area contributed by atoms with E-state index in [1.165, 1.54) is 26.1 Å². The van der Waals surface area contributed by atoms with E-state index >= 15 is 0 Å². The zero-order valence-corrected chi connectivity index (χ0v) is 15.2. The Balaban J connectivity index is 2.16. The standard InChI is InChI=1S/C18H22BrNS/c1-4-20-17(15-9-7-8-13(2)14(15)3)12-21-18-11-6-5-10-16(18)19/h5-11,17,20H,4,12H2,1-3H3. The predicted molar refractivity (Wildman–Crippen MR) is 97.2 cm³/mol. The molecule has 0 bridgehead atoms. The van der Waals surface area contributed by atoms with Crippen molar-refractivity contribution in [2.45, 2.75) is 31.7 Å². The van der Waals surface area contributed by atoms with Gasteiger partial charge in [0, 0.05) is 21.2 Å². The van der Waals surface area contributed by atoms with E-state index in [-0.39, 0.29) is 0 Å². The molecule has 2 aromatic rings. The van der Waals surface area contributed by atoms with Gasteiger partial charge in [0.1, 0.15) is 0 Å². The molecule has 0 saturated heterocycles. The zero-order chi connectivity index (χ0) is 15.2. The Kier molecular flexibility index (Phi) is 6.34. The number of nitrogens with one attached hydrogen (secondary N) is 1. The third-order valence-corrected chi connectivity index (χ3v) is 5.84. The summed E-state index contributed by atoms with van der Waals surface area (Å²) in [6.07, 6.45) is 0. The monoisotopic (exact) mass is 363 g/mol. The van der Waals surface area contributed by atoms with E-state index in [4.69, 9.17) is 0 Å². The second-order valence-electron chi connectivity index (χ2n) is 5.14. The predicted octanol–water partition coefficient (Wildman–Crippen LogP) is 5.51. The lowest BCUT2D eigenvalue weighted by Gasteiger charge is -2.21. The van der Waals surface area contributed by atoms with Crippen molar-refractivity contribution in [3.05, 3.63) is 63.6 Å². The molecule has 3 heteroatoms. The van der Waals surface area contributed by atoms with Crippen LogP contribution in [-0.2, 0) is 0 Å². The Morgan fingerprint density at radius 1 is 1.10 bits per heavy atom. The van der Waals surface area contributed by atoms with Gasteiger partial charge < -0.3 is 5.32 Å². The number of halogens is 1. The van der Waals surface area contributed by atoms with Crippen LogP contribution in [0.2, 0.25) is 0 Å². The lowest BCUT2D eigenvalue weighted by molar-refractivity contribution is 0.602. The van der Waals surface area contributed by atoms with Crippen molar-refractivity contribution >= 4 is 27.7 Å². The molecule has 2 rings (SSSR count). The summed E-state index contributed by atoms with van der Waals surface area (Å²) in [5.74, 6) is 1.03. The zero-order valence-electron chi connectivity index (χ0n) is 12.8. The summed E-state index contributed by atoms with van der Waals surface area (Å²) >= 11 is 5.52. The topological polar surface area (TPSA) is 12.0 Å². The van der Waals surface area contributed by atoms with E-state index in [9.17, 15) is 0 Å². The summed E-state index contributed by atoms with van der Waals surface area (Å²) in [6.45, 7) is 7.55. The van der Waals surface area contributed by atoms with Gasteiger partial charge in [0.2, 0.25) is 0 Å². The van der Waals surface area contributed by atoms with Gasteiger partial charge in [-0.25, -0.2) is 0 Å². The summed E-state index contributed by atoms with van der Waals surface area (Å²) in [6, 6.07) is 15.4. The normalized spacial score (nSPS) is 12.4. The Morgan fingerprint density at radius 2 is 1.86 bits per heavy atom. The molecule has 112 valence electrons. The molecule has 0 amide bonds. The molecule has 21 heavy (non-hydrogen) atoms. The van der Waals surface area contributed by atoms with Gasteiger partial charge in [-0.1, -0.05) is 37.3 Å². The molecule has 0 aliphatic heterocycles. The van der Waals surface area contributed by atoms with Gasteiger partial charge in [0.15, 0.2) is 0 Å². The Hall–Kier alpha value is -0.770. The van der Waals surface area contributed by atoms with E-state index < -0.39 is 0 Å². The van der Waals surface area contributed by atoms with Crippen molar-refractivity contribution in [1.82, 2.24) is 5.32 Å². The van der Waals surface area contributed by atoms with E-state index in [1.807, 2.05) is 11.8 Å². The molecule has 0 aliphatic carbocycles. The largest absolute Gasteiger partial charge is 0.309 e. The molecule has 2 aromatic carbocycles. The van der Waals surface area contributed by atoms with Gasteiger partial charge in [0.25, 0.3) is 0 Å². The Labute approximate surface area is 140 Å². The number of benzene rings is 2. The minimum atomic E-state index is 0.381. The second kappa shape index (κ2) is 8.02. The quantitative estimate of drug-likeness (QED) is 0.679. The molecule has 1 atom stereocenters. The highest BCUT2D eigenvalue weighted by molar-refractivity contribution is 9.10. The van der Waals surface area contributed by atoms with Gasteiger partial charge in [-0.3, -0.25) is 0 Å². The third-order valence-electron chi connectivity index (χ3n) is 3.71. The van der Waals surface area contributed by atoms with E-state index in [1.54, 1.807) is 0 Å². The second-order valence-corrected chi connectivity index (χ2v) is 7.06. The van der Waals surface area contributed by atoms with Crippen molar-refractivity contribution < 1.29 is 0 Å². The fourth-order valence-corrected chi connectivity index (χ4v) is 4.04. The summed E-state index contributed by atoms with van der Waals surface area (Å²) in [5, 5.41) is 3.62. The summed E-state index contributed by atoms with van der Waals surface area (Å²) in [4.78, 5) is 1.30. The lowest BCUT2D eigenvalue weighted by Crippen LogP contribution is -2.24. The van der Waals surface area contributed by atoms with Crippen LogP contribution in [0.4, 0.5) is 0 Å². The molecule has 0 fully saturated rings. The van der Waals surface area contributed by atoms with Crippen LogP contribution in [0.3, 0.4) is 0 Å². The molecule has 0 aliphatic rings. The molecular formula is C18H22BrNS. The first-order valence-electron chi connectivity index (χ1n) is 7.30. The molecule has 0 saturated carbocycles. The summed E-state index contributed by atoms with van der Waals surface area (Å²) < 4.78 is 1.17. The molecule has 0 aromatic heterocycles. The van der Waals surface area contributed by atoms with Gasteiger partial charge in [-0.05, 0) is 65.1 Å². The highest BCUT2D eigenvalue weighted by Crippen LogP contribution is 2.31. The van der Waals surface area contributed by atoms with Crippen LogP contribution in [0.25, 0.3) is 0 Å². The maximum atomic E-state index is 3.63. The van der Waals surface area contributed by atoms with Crippen molar-refractivity contribution in [3.63, 3.8) is 0 Å². The first-order chi connectivity index (χ1) is 10.1. The van der Waals surface area contributed by atoms with Crippen LogP contribution in [0.1, 0.15) is 29.7 Å². The summed E-state index contributed by atoms with van der Waals surface area (Å²) in [7, 11) is 0. The number of hydrogen-bond acceptors (Lipinski definition) is 2. The highest BCUT2D eigenvalue weighted by atomic mass is 79.9. The fraction of sp³-hybridized carbons (Fsp3) is 0.333. The molecule has 0 spiro atoms. The summed E-state index contributed by atoms with van der Waals surface area (Å²) in [5.41, 5.74) is 4.17. The number of hydrogen-bond donors (Lipinski definition) is 1. The van der Waals surface area contributed by atoms with E-state index in [0.29, 0.717) is 6.04 Å². The number of thioether (sulfide) groups is 1. The molecule has 1 nitrogen and oxygen atoms in total. The fourth-order valence-electron chi connectivity index (χ4n) is 2.39. The maximum absolute atomic E-state index is 3.63. The van der Waals surface area contributed by atoms with Gasteiger partial charge in [-0.2, -0.15) is 0 Å². The van der Waals surface area contributed by atoms with Crippen molar-refractivity contribution in [1.29, 1.82) is 0 Å². The van der Waals surface area contributed by atoms with Crippen LogP contribution in [0.5, 0.6) is 0 Å². The van der Waals surface area contributed by atoms with Crippen molar-refractivity contribution in [3.8, 4) is 0 Å². The average molecular weight is 364 g/mol. The van der Waals surface area contributed by atoms with Crippen LogP contribution >= 0.6 is 27.7 Å². The molecule has 0 radical (unpaired) electrons. The average Bonchev–Trinajstić information content (AvgIpc) is 2.48. The van der Waals surface area contributed by atoms with E-state index in [2.05, 4.69) is 84.5 Å². The molecule has 0 heterocycles. The minimum Gasteiger partial charge on any atom is -0.309 e. The van der Waals surface area contributed by atoms with Crippen LogP contribution in [0, 0.1) is 13.8 Å². The van der Waals surface area contributed by atoms with Gasteiger partial charge in [-0.15, -0.1) is 11.8 Å². The van der Waals surface area contributed by atoms with Gasteiger partial charge >= 0.3 is 0 Å². The number of rotatable bonds is 6. The first kappa shape index (κ1) is 16.6.